The zero-order chi connectivity index (χ0) is 24.2. The fourth-order valence-electron chi connectivity index (χ4n) is 4.19. The third kappa shape index (κ3) is 4.54. The lowest BCUT2D eigenvalue weighted by atomic mass is 9.98. The van der Waals surface area contributed by atoms with E-state index < -0.39 is 28.9 Å². The van der Waals surface area contributed by atoms with Gasteiger partial charge in [-0.15, -0.1) is 0 Å². The minimum atomic E-state index is -1.50. The maximum Gasteiger partial charge on any atom is 0.407 e. The Bertz CT molecular complexity index is 1170. The Balaban J connectivity index is 1.30. The molecular formula is C24H24N4O6. The zero-order valence-corrected chi connectivity index (χ0v) is 18.1. The molecule has 2 aromatic carbocycles. The minimum Gasteiger partial charge on any atom is -0.449 e. The average molecular weight is 464 g/mol. The Morgan fingerprint density at radius 1 is 1.12 bits per heavy atom. The summed E-state index contributed by atoms with van der Waals surface area (Å²) in [4.78, 5) is 26.2. The Morgan fingerprint density at radius 3 is 2.35 bits per heavy atom. The van der Waals surface area contributed by atoms with Crippen LogP contribution in [0, 0.1) is 10.1 Å². The lowest BCUT2D eigenvalue weighted by molar-refractivity contribution is -0.384. The molecule has 176 valence electrons. The number of hydrogen-bond acceptors (Lipinski definition) is 8. The lowest BCUT2D eigenvalue weighted by Gasteiger charge is -2.19. The van der Waals surface area contributed by atoms with Gasteiger partial charge in [0.1, 0.15) is 24.6 Å². The fourth-order valence-corrected chi connectivity index (χ4v) is 4.19. The van der Waals surface area contributed by atoms with Crippen LogP contribution in [-0.4, -0.2) is 45.5 Å². The first-order valence-electron chi connectivity index (χ1n) is 10.7. The van der Waals surface area contributed by atoms with E-state index in [1.165, 1.54) is 0 Å². The third-order valence-corrected chi connectivity index (χ3v) is 5.93. The molecule has 0 bridgehead atoms. The van der Waals surface area contributed by atoms with Gasteiger partial charge in [-0.3, -0.25) is 15.1 Å². The van der Waals surface area contributed by atoms with E-state index in [1.807, 2.05) is 48.5 Å². The molecule has 34 heavy (non-hydrogen) atoms. The summed E-state index contributed by atoms with van der Waals surface area (Å²) in [5.41, 5.74) is 9.39. The van der Waals surface area contributed by atoms with Gasteiger partial charge in [0.25, 0.3) is 0 Å². The van der Waals surface area contributed by atoms with E-state index in [0.717, 1.165) is 34.6 Å². The number of aromatic nitrogens is 1. The van der Waals surface area contributed by atoms with Crippen LogP contribution in [-0.2, 0) is 4.74 Å². The molecular weight excluding hydrogens is 440 g/mol. The number of rotatable bonds is 8. The molecule has 10 nitrogen and oxygen atoms in total. The molecule has 1 aliphatic rings. The second kappa shape index (κ2) is 9.86. The van der Waals surface area contributed by atoms with Crippen LogP contribution in [0.5, 0.6) is 0 Å². The highest BCUT2D eigenvalue weighted by molar-refractivity contribution is 5.79. The molecule has 10 heteroatoms. The Hall–Kier alpha value is -4.02. The first kappa shape index (κ1) is 23.1. The second-order valence-corrected chi connectivity index (χ2v) is 7.97. The number of benzene rings is 2. The molecule has 4 rings (SSSR count). The molecule has 0 radical (unpaired) electrons. The van der Waals surface area contributed by atoms with Crippen LogP contribution >= 0.6 is 0 Å². The second-order valence-electron chi connectivity index (χ2n) is 7.97. The predicted molar refractivity (Wildman–Crippen MR) is 124 cm³/mol. The smallest absolute Gasteiger partial charge is 0.407 e. The molecule has 0 aliphatic heterocycles. The summed E-state index contributed by atoms with van der Waals surface area (Å²) in [5, 5.41) is 34.1. The van der Waals surface area contributed by atoms with Crippen LogP contribution in [0.3, 0.4) is 0 Å². The van der Waals surface area contributed by atoms with Crippen molar-refractivity contribution in [2.75, 3.05) is 18.9 Å². The number of fused-ring (bicyclic) bond motifs is 3. The van der Waals surface area contributed by atoms with E-state index in [9.17, 15) is 25.1 Å². The molecule has 1 aliphatic carbocycles. The van der Waals surface area contributed by atoms with E-state index in [1.54, 1.807) is 0 Å². The number of alkyl carbamates (subject to hydrolysis) is 1. The van der Waals surface area contributed by atoms with Crippen LogP contribution < -0.4 is 11.1 Å². The van der Waals surface area contributed by atoms with Gasteiger partial charge in [0.05, 0.1) is 11.0 Å². The number of pyridine rings is 1. The normalized spacial score (nSPS) is 14.1. The third-order valence-electron chi connectivity index (χ3n) is 5.93. The number of aliphatic hydroxyl groups is 2. The maximum absolute atomic E-state index is 12.2. The van der Waals surface area contributed by atoms with Crippen molar-refractivity contribution in [2.24, 2.45) is 0 Å². The molecule has 0 fully saturated rings. The number of nitrogens with one attached hydrogen (secondary N) is 1. The highest BCUT2D eigenvalue weighted by Gasteiger charge is 2.29. The van der Waals surface area contributed by atoms with Crippen molar-refractivity contribution in [3.8, 4) is 11.1 Å². The first-order chi connectivity index (χ1) is 16.4. The molecule has 0 saturated carbocycles. The van der Waals surface area contributed by atoms with Crippen molar-refractivity contribution < 1.29 is 24.7 Å². The number of carbonyl (C=O) groups excluding carboxylic acids is 1. The van der Waals surface area contributed by atoms with Crippen LogP contribution in [0.15, 0.2) is 60.9 Å². The molecule has 2 atom stereocenters. The summed E-state index contributed by atoms with van der Waals surface area (Å²) in [6, 6.07) is 16.0. The molecule has 1 heterocycles. The molecule has 2 unspecified atom stereocenters. The van der Waals surface area contributed by atoms with Crippen molar-refractivity contribution in [1.82, 2.24) is 10.3 Å². The van der Waals surface area contributed by atoms with Crippen LogP contribution in [0.25, 0.3) is 11.1 Å². The van der Waals surface area contributed by atoms with Gasteiger partial charge in [0, 0.05) is 24.2 Å². The van der Waals surface area contributed by atoms with Gasteiger partial charge >= 0.3 is 11.8 Å². The molecule has 0 saturated heterocycles. The molecule has 0 spiro atoms. The van der Waals surface area contributed by atoms with E-state index in [0.29, 0.717) is 0 Å². The number of nitrogens with zero attached hydrogens (tertiary/aromatic N) is 2. The zero-order valence-electron chi connectivity index (χ0n) is 18.1. The highest BCUT2D eigenvalue weighted by atomic mass is 16.6. The Kier molecular flexibility index (Phi) is 6.71. The largest absolute Gasteiger partial charge is 0.449 e. The summed E-state index contributed by atoms with van der Waals surface area (Å²) >= 11 is 0. The fraction of sp³-hybridized carbons (Fsp3) is 0.250. The van der Waals surface area contributed by atoms with Gasteiger partial charge in [-0.2, -0.15) is 0 Å². The molecule has 1 amide bonds. The number of aliphatic hydroxyl groups excluding tert-OH is 2. The van der Waals surface area contributed by atoms with Crippen molar-refractivity contribution >= 4 is 17.5 Å². The number of nitrogens with two attached hydrogens (primary N) is 1. The molecule has 5 N–H and O–H groups in total. The summed E-state index contributed by atoms with van der Waals surface area (Å²) in [6.45, 7) is 0.165. The number of carbonyl (C=O) groups is 1. The molecule has 3 aromatic rings. The van der Waals surface area contributed by atoms with Crippen LogP contribution in [0.2, 0.25) is 0 Å². The van der Waals surface area contributed by atoms with Crippen molar-refractivity contribution in [3.63, 3.8) is 0 Å². The van der Waals surface area contributed by atoms with Crippen LogP contribution in [0.4, 0.5) is 16.2 Å². The average Bonchev–Trinajstić information content (AvgIpc) is 3.16. The number of anilines is 1. The van der Waals surface area contributed by atoms with Gasteiger partial charge in [-0.1, -0.05) is 48.5 Å². The van der Waals surface area contributed by atoms with E-state index in [2.05, 4.69) is 10.3 Å². The summed E-state index contributed by atoms with van der Waals surface area (Å²) in [6.07, 6.45) is -1.39. The quantitative estimate of drug-likeness (QED) is 0.292. The van der Waals surface area contributed by atoms with Gasteiger partial charge < -0.3 is 26.0 Å². The van der Waals surface area contributed by atoms with Gasteiger partial charge in [0.15, 0.2) is 0 Å². The topological polar surface area (TPSA) is 161 Å². The van der Waals surface area contributed by atoms with E-state index in [4.69, 9.17) is 10.5 Å². The first-order valence-corrected chi connectivity index (χ1v) is 10.7. The monoisotopic (exact) mass is 464 g/mol. The minimum absolute atomic E-state index is 0.0111. The summed E-state index contributed by atoms with van der Waals surface area (Å²) < 4.78 is 5.43. The number of ether oxygens (including phenoxy) is 1. The lowest BCUT2D eigenvalue weighted by Crippen LogP contribution is -2.31. The SMILES string of the molecule is Nc1c(C(O)C(O)CCNC(=O)OCC2c3ccccc3-c3ccccc32)cncc1[N+](=O)[O-]. The van der Waals surface area contributed by atoms with Gasteiger partial charge in [0.2, 0.25) is 0 Å². The predicted octanol–water partition coefficient (Wildman–Crippen LogP) is 2.90. The van der Waals surface area contributed by atoms with Crippen molar-refractivity contribution in [3.05, 3.63) is 87.7 Å². The Labute approximate surface area is 195 Å². The molecule has 1 aromatic heterocycles. The maximum atomic E-state index is 12.2. The van der Waals surface area contributed by atoms with Crippen LogP contribution in [0.1, 0.15) is 35.1 Å². The van der Waals surface area contributed by atoms with E-state index >= 15 is 0 Å². The standard InChI is InChI=1S/C24H24N4O6/c25-22-18(11-26-12-20(22)28(32)33)23(30)21(29)9-10-27-24(31)34-13-19-16-7-3-1-5-14(16)15-6-2-4-8-17(15)19/h1-8,11-12,19,21,23,29-30H,9-10,13H2,(H2,25,26)(H,27,31). The van der Waals surface area contributed by atoms with Crippen molar-refractivity contribution in [2.45, 2.75) is 24.5 Å². The summed E-state index contributed by atoms with van der Waals surface area (Å²) in [5.74, 6) is -0.0742. The van der Waals surface area contributed by atoms with E-state index in [-0.39, 0.29) is 36.7 Å². The van der Waals surface area contributed by atoms with Gasteiger partial charge in [-0.25, -0.2) is 4.79 Å². The number of amides is 1. The number of hydrogen-bond donors (Lipinski definition) is 4. The Morgan fingerprint density at radius 2 is 1.74 bits per heavy atom. The number of nitro groups is 1. The van der Waals surface area contributed by atoms with Gasteiger partial charge in [-0.05, 0) is 28.7 Å². The van der Waals surface area contributed by atoms with Crippen molar-refractivity contribution in [1.29, 1.82) is 0 Å². The highest BCUT2D eigenvalue weighted by Crippen LogP contribution is 2.44. The summed E-state index contributed by atoms with van der Waals surface area (Å²) in [7, 11) is 0. The number of nitrogen functional groups attached to an aromatic ring is 1.